The van der Waals surface area contributed by atoms with Gasteiger partial charge >= 0.3 is 0 Å². The van der Waals surface area contributed by atoms with Gasteiger partial charge in [-0.1, -0.05) is 85.7 Å². The van der Waals surface area contributed by atoms with E-state index in [2.05, 4.69) is 73.8 Å². The Kier molecular flexibility index (Phi) is 6.35. The van der Waals surface area contributed by atoms with Crippen LogP contribution in [0.25, 0.3) is 12.2 Å². The summed E-state index contributed by atoms with van der Waals surface area (Å²) >= 11 is 5.42. The quantitative estimate of drug-likeness (QED) is 0.511. The number of unbranched alkanes of at least 4 members (excludes halogenated alkanes) is 1. The maximum Gasteiger partial charge on any atom is 0.0797 e. The molecule has 0 bridgehead atoms. The van der Waals surface area contributed by atoms with Gasteiger partial charge in [-0.3, -0.25) is 0 Å². The molecule has 0 unspecified atom stereocenters. The van der Waals surface area contributed by atoms with Crippen molar-refractivity contribution in [3.05, 3.63) is 65.2 Å². The van der Waals surface area contributed by atoms with Gasteiger partial charge in [0, 0.05) is 5.69 Å². The van der Waals surface area contributed by atoms with Gasteiger partial charge in [0.1, 0.15) is 0 Å². The summed E-state index contributed by atoms with van der Waals surface area (Å²) in [5, 5.41) is 3.37. The molecule has 1 N–H and O–H groups in total. The third-order valence-electron chi connectivity index (χ3n) is 3.52. The summed E-state index contributed by atoms with van der Waals surface area (Å²) in [5.74, 6) is 0. The number of hydrogen-bond donors (Lipinski definition) is 1. The molecule has 0 heterocycles. The molecule has 0 aliphatic rings. The first-order chi connectivity index (χ1) is 10.7. The lowest BCUT2D eigenvalue weighted by Gasteiger charge is -2.10. The fraction of sp³-hybridized carbons (Fsp3) is 0.250. The van der Waals surface area contributed by atoms with Crippen LogP contribution in [0.5, 0.6) is 0 Å². The predicted molar refractivity (Wildman–Crippen MR) is 102 cm³/mol. The van der Waals surface area contributed by atoms with Crippen molar-refractivity contribution in [2.24, 2.45) is 0 Å². The Bertz CT molecular complexity index is 641. The molecule has 22 heavy (non-hydrogen) atoms. The Hall–Kier alpha value is -1.93. The van der Waals surface area contributed by atoms with Crippen LogP contribution in [0.2, 0.25) is 0 Å². The highest BCUT2D eigenvalue weighted by Crippen LogP contribution is 2.19. The van der Waals surface area contributed by atoms with Gasteiger partial charge < -0.3 is 5.32 Å². The Morgan fingerprint density at radius 1 is 1.05 bits per heavy atom. The smallest absolute Gasteiger partial charge is 0.0797 e. The summed E-state index contributed by atoms with van der Waals surface area (Å²) in [6, 6.07) is 16.8. The average molecular weight is 309 g/mol. The summed E-state index contributed by atoms with van der Waals surface area (Å²) in [5.41, 5.74) is 4.71. The zero-order valence-electron chi connectivity index (χ0n) is 13.3. The summed E-state index contributed by atoms with van der Waals surface area (Å²) in [4.78, 5) is 0.915. The summed E-state index contributed by atoms with van der Waals surface area (Å²) in [6.45, 7) is 4.28. The Morgan fingerprint density at radius 2 is 1.77 bits per heavy atom. The molecule has 0 atom stereocenters. The van der Waals surface area contributed by atoms with Crippen LogP contribution in [0.3, 0.4) is 0 Å². The van der Waals surface area contributed by atoms with Crippen LogP contribution in [0, 0.1) is 6.92 Å². The Morgan fingerprint density at radius 3 is 2.50 bits per heavy atom. The Labute approximate surface area is 139 Å². The molecular formula is C20H23NS. The van der Waals surface area contributed by atoms with E-state index >= 15 is 0 Å². The molecule has 0 saturated carbocycles. The van der Waals surface area contributed by atoms with Gasteiger partial charge in [0.15, 0.2) is 0 Å². The predicted octanol–water partition coefficient (Wildman–Crippen LogP) is 6.09. The normalized spacial score (nSPS) is 10.8. The van der Waals surface area contributed by atoms with E-state index in [1.807, 2.05) is 6.07 Å². The second kappa shape index (κ2) is 8.50. The van der Waals surface area contributed by atoms with Crippen molar-refractivity contribution in [1.29, 1.82) is 0 Å². The lowest BCUT2D eigenvalue weighted by Crippen LogP contribution is -2.09. The monoisotopic (exact) mass is 309 g/mol. The second-order valence-electron chi connectivity index (χ2n) is 5.48. The van der Waals surface area contributed by atoms with Crippen LogP contribution in [0.15, 0.2) is 48.5 Å². The van der Waals surface area contributed by atoms with Crippen molar-refractivity contribution < 1.29 is 0 Å². The van der Waals surface area contributed by atoms with Gasteiger partial charge in [-0.05, 0) is 37.0 Å². The lowest BCUT2D eigenvalue weighted by molar-refractivity contribution is 0.839. The van der Waals surface area contributed by atoms with E-state index < -0.39 is 0 Å². The third kappa shape index (κ3) is 5.12. The molecule has 0 radical (unpaired) electrons. The van der Waals surface area contributed by atoms with Gasteiger partial charge in [-0.15, -0.1) is 0 Å². The van der Waals surface area contributed by atoms with Gasteiger partial charge in [-0.2, -0.15) is 0 Å². The molecule has 0 amide bonds. The first kappa shape index (κ1) is 16.4. The number of thiocarbonyl (C=S) groups is 1. The number of benzene rings is 2. The molecular weight excluding hydrogens is 286 g/mol. The molecule has 2 heteroatoms. The molecule has 2 rings (SSSR count). The van der Waals surface area contributed by atoms with Crippen LogP contribution < -0.4 is 5.32 Å². The summed E-state index contributed by atoms with van der Waals surface area (Å²) < 4.78 is 0. The number of para-hydroxylation sites is 1. The number of anilines is 1. The van der Waals surface area contributed by atoms with Crippen molar-refractivity contribution in [3.8, 4) is 0 Å². The maximum atomic E-state index is 5.42. The third-order valence-corrected chi connectivity index (χ3v) is 3.83. The van der Waals surface area contributed by atoms with E-state index in [9.17, 15) is 0 Å². The van der Waals surface area contributed by atoms with E-state index in [0.29, 0.717) is 0 Å². The van der Waals surface area contributed by atoms with Crippen LogP contribution in [-0.2, 0) is 0 Å². The molecule has 0 fully saturated rings. The van der Waals surface area contributed by atoms with E-state index in [4.69, 9.17) is 12.2 Å². The highest BCUT2D eigenvalue weighted by atomic mass is 32.1. The van der Waals surface area contributed by atoms with Crippen LogP contribution in [0.4, 0.5) is 5.69 Å². The summed E-state index contributed by atoms with van der Waals surface area (Å²) in [7, 11) is 0. The summed E-state index contributed by atoms with van der Waals surface area (Å²) in [6.07, 6.45) is 7.51. The molecule has 1 nitrogen and oxygen atoms in total. The fourth-order valence-corrected chi connectivity index (χ4v) is 2.42. The molecule has 2 aromatic rings. The van der Waals surface area contributed by atoms with E-state index in [-0.39, 0.29) is 0 Å². The van der Waals surface area contributed by atoms with Crippen LogP contribution in [-0.4, -0.2) is 4.99 Å². The SMILES string of the molecule is CCCCC(=S)Nc1ccccc1/C=C/c1ccc(C)cc1. The van der Waals surface area contributed by atoms with Crippen molar-refractivity contribution in [2.45, 2.75) is 33.1 Å². The van der Waals surface area contributed by atoms with E-state index in [0.717, 1.165) is 35.5 Å². The number of nitrogens with one attached hydrogen (secondary N) is 1. The molecule has 0 spiro atoms. The zero-order valence-corrected chi connectivity index (χ0v) is 14.1. The van der Waals surface area contributed by atoms with Crippen molar-refractivity contribution in [1.82, 2.24) is 0 Å². The number of rotatable bonds is 6. The highest BCUT2D eigenvalue weighted by molar-refractivity contribution is 7.80. The van der Waals surface area contributed by atoms with E-state index in [1.54, 1.807) is 0 Å². The standard InChI is InChI=1S/C20H23NS/c1-3-4-9-20(22)21-19-8-6-5-7-18(19)15-14-17-12-10-16(2)11-13-17/h5-8,10-15H,3-4,9H2,1-2H3,(H,21,22)/b15-14+. The first-order valence-electron chi connectivity index (χ1n) is 7.82. The molecule has 0 saturated heterocycles. The van der Waals surface area contributed by atoms with Crippen molar-refractivity contribution in [2.75, 3.05) is 5.32 Å². The second-order valence-corrected chi connectivity index (χ2v) is 5.98. The van der Waals surface area contributed by atoms with Gasteiger partial charge in [0.2, 0.25) is 0 Å². The minimum absolute atomic E-state index is 0.915. The van der Waals surface area contributed by atoms with Gasteiger partial charge in [0.05, 0.1) is 4.99 Å². The first-order valence-corrected chi connectivity index (χ1v) is 8.23. The minimum atomic E-state index is 0.915. The topological polar surface area (TPSA) is 12.0 Å². The average Bonchev–Trinajstić information content (AvgIpc) is 2.53. The fourth-order valence-electron chi connectivity index (χ4n) is 2.17. The molecule has 0 aliphatic carbocycles. The molecule has 0 aliphatic heterocycles. The minimum Gasteiger partial charge on any atom is -0.350 e. The van der Waals surface area contributed by atoms with Crippen molar-refractivity contribution in [3.63, 3.8) is 0 Å². The Balaban J connectivity index is 2.10. The van der Waals surface area contributed by atoms with Crippen LogP contribution in [0.1, 0.15) is 42.9 Å². The largest absolute Gasteiger partial charge is 0.350 e. The van der Waals surface area contributed by atoms with Gasteiger partial charge in [0.25, 0.3) is 0 Å². The molecule has 0 aromatic heterocycles. The lowest BCUT2D eigenvalue weighted by atomic mass is 10.1. The highest BCUT2D eigenvalue weighted by Gasteiger charge is 2.01. The van der Waals surface area contributed by atoms with Gasteiger partial charge in [-0.25, -0.2) is 0 Å². The van der Waals surface area contributed by atoms with E-state index in [1.165, 1.54) is 11.1 Å². The van der Waals surface area contributed by atoms with Crippen molar-refractivity contribution >= 4 is 35.0 Å². The zero-order chi connectivity index (χ0) is 15.8. The van der Waals surface area contributed by atoms with Crippen LogP contribution >= 0.6 is 12.2 Å². The maximum absolute atomic E-state index is 5.42. The number of hydrogen-bond acceptors (Lipinski definition) is 1. The number of aryl methyl sites for hydroxylation is 1. The molecule has 2 aromatic carbocycles. The molecule has 114 valence electrons.